The van der Waals surface area contributed by atoms with E-state index in [0.29, 0.717) is 12.5 Å². The SMILES string of the molecule is CC.CC.CCOC(=O)C(Cc1ccccc1)C1CCN(C)CC1.[B]C. The third-order valence-corrected chi connectivity index (χ3v) is 4.22. The Morgan fingerprint density at radius 1 is 1.12 bits per heavy atom. The van der Waals surface area contributed by atoms with Crippen LogP contribution >= 0.6 is 0 Å². The molecule has 1 aliphatic heterocycles. The molecule has 148 valence electrons. The van der Waals surface area contributed by atoms with Gasteiger partial charge in [-0.3, -0.25) is 4.79 Å². The zero-order chi connectivity index (χ0) is 20.4. The van der Waals surface area contributed by atoms with Gasteiger partial charge in [0.1, 0.15) is 0 Å². The van der Waals surface area contributed by atoms with E-state index in [9.17, 15) is 4.79 Å². The van der Waals surface area contributed by atoms with E-state index in [1.807, 2.05) is 52.8 Å². The summed E-state index contributed by atoms with van der Waals surface area (Å²) in [7, 11) is 6.65. The number of likely N-dealkylation sites (tertiary alicyclic amines) is 1. The van der Waals surface area contributed by atoms with Crippen LogP contribution in [0.2, 0.25) is 6.82 Å². The van der Waals surface area contributed by atoms with Crippen LogP contribution in [0.3, 0.4) is 0 Å². The maximum absolute atomic E-state index is 12.3. The highest BCUT2D eigenvalue weighted by molar-refractivity contribution is 6.05. The third-order valence-electron chi connectivity index (χ3n) is 4.22. The number of hydrogen-bond acceptors (Lipinski definition) is 3. The van der Waals surface area contributed by atoms with Crippen LogP contribution in [0.25, 0.3) is 0 Å². The molecule has 4 heteroatoms. The molecule has 26 heavy (non-hydrogen) atoms. The number of ether oxygens (including phenoxy) is 1. The van der Waals surface area contributed by atoms with Gasteiger partial charge in [0.05, 0.1) is 20.4 Å². The van der Waals surface area contributed by atoms with Gasteiger partial charge in [0.25, 0.3) is 0 Å². The Morgan fingerprint density at radius 3 is 2.08 bits per heavy atom. The molecule has 0 bridgehead atoms. The molecule has 1 aromatic rings. The summed E-state index contributed by atoms with van der Waals surface area (Å²) in [4.78, 5) is 14.6. The van der Waals surface area contributed by atoms with Crippen LogP contribution in [0.15, 0.2) is 30.3 Å². The first kappa shape index (κ1) is 26.9. The van der Waals surface area contributed by atoms with Crippen molar-refractivity contribution in [3.63, 3.8) is 0 Å². The Morgan fingerprint density at radius 2 is 1.62 bits per heavy atom. The van der Waals surface area contributed by atoms with Gasteiger partial charge in [-0.2, -0.15) is 0 Å². The van der Waals surface area contributed by atoms with E-state index in [1.54, 1.807) is 0 Å². The molecule has 1 heterocycles. The fraction of sp³-hybridized carbons (Fsp3) is 0.682. The molecule has 0 N–H and O–H groups in total. The monoisotopic (exact) mass is 361 g/mol. The van der Waals surface area contributed by atoms with Crippen molar-refractivity contribution < 1.29 is 9.53 Å². The molecule has 1 saturated heterocycles. The zero-order valence-electron chi connectivity index (χ0n) is 18.1. The number of carbonyl (C=O) groups is 1. The van der Waals surface area contributed by atoms with Crippen LogP contribution < -0.4 is 0 Å². The maximum Gasteiger partial charge on any atom is 0.309 e. The summed E-state index contributed by atoms with van der Waals surface area (Å²) < 4.78 is 5.30. The number of rotatable bonds is 5. The number of hydrogen-bond donors (Lipinski definition) is 0. The zero-order valence-corrected chi connectivity index (χ0v) is 18.1. The molecule has 0 aliphatic carbocycles. The highest BCUT2D eigenvalue weighted by Crippen LogP contribution is 2.28. The minimum Gasteiger partial charge on any atom is -0.466 e. The van der Waals surface area contributed by atoms with Crippen molar-refractivity contribution in [2.45, 2.75) is 60.7 Å². The predicted molar refractivity (Wildman–Crippen MR) is 115 cm³/mol. The van der Waals surface area contributed by atoms with Gasteiger partial charge in [0.2, 0.25) is 0 Å². The average Bonchev–Trinajstić information content (AvgIpc) is 2.72. The average molecular weight is 361 g/mol. The molecule has 0 amide bonds. The number of nitrogens with zero attached hydrogens (tertiary/aromatic N) is 1. The quantitative estimate of drug-likeness (QED) is 0.546. The molecule has 3 nitrogen and oxygen atoms in total. The fourth-order valence-electron chi connectivity index (χ4n) is 2.99. The van der Waals surface area contributed by atoms with Crippen molar-refractivity contribution in [1.82, 2.24) is 4.90 Å². The summed E-state index contributed by atoms with van der Waals surface area (Å²) in [6.45, 7) is 14.0. The summed E-state index contributed by atoms with van der Waals surface area (Å²) in [5.74, 6) is 0.433. The van der Waals surface area contributed by atoms with Gasteiger partial charge in [0.15, 0.2) is 0 Å². The smallest absolute Gasteiger partial charge is 0.309 e. The van der Waals surface area contributed by atoms with Crippen LogP contribution in [0, 0.1) is 11.8 Å². The van der Waals surface area contributed by atoms with E-state index in [-0.39, 0.29) is 11.9 Å². The van der Waals surface area contributed by atoms with Gasteiger partial charge in [0, 0.05) is 0 Å². The van der Waals surface area contributed by atoms with Crippen molar-refractivity contribution in [1.29, 1.82) is 0 Å². The molecular weight excluding hydrogens is 321 g/mol. The number of piperidine rings is 1. The summed E-state index contributed by atoms with van der Waals surface area (Å²) in [6.07, 6.45) is 2.98. The van der Waals surface area contributed by atoms with E-state index in [1.165, 1.54) is 12.4 Å². The van der Waals surface area contributed by atoms with Crippen LogP contribution in [-0.2, 0) is 16.0 Å². The van der Waals surface area contributed by atoms with Crippen molar-refractivity contribution in [3.8, 4) is 0 Å². The topological polar surface area (TPSA) is 29.5 Å². The third kappa shape index (κ3) is 10.6. The van der Waals surface area contributed by atoms with Gasteiger partial charge < -0.3 is 9.64 Å². The molecule has 1 atom stereocenters. The van der Waals surface area contributed by atoms with Crippen molar-refractivity contribution in [2.75, 3.05) is 26.7 Å². The van der Waals surface area contributed by atoms with Crippen molar-refractivity contribution >= 4 is 13.8 Å². The number of carbonyl (C=O) groups excluding carboxylic acids is 1. The molecular formula is C22H40BNO2. The Hall–Kier alpha value is -1.29. The van der Waals surface area contributed by atoms with Gasteiger partial charge >= 0.3 is 5.97 Å². The highest BCUT2D eigenvalue weighted by atomic mass is 16.5. The van der Waals surface area contributed by atoms with Gasteiger partial charge in [-0.05, 0) is 57.8 Å². The van der Waals surface area contributed by atoms with Crippen LogP contribution in [0.1, 0.15) is 53.0 Å². The Balaban J connectivity index is 0. The maximum atomic E-state index is 12.3. The first-order chi connectivity index (χ1) is 12.7. The Labute approximate surface area is 163 Å². The normalized spacial score (nSPS) is 15.0. The first-order valence-corrected chi connectivity index (χ1v) is 10.2. The lowest BCUT2D eigenvalue weighted by Crippen LogP contribution is -2.37. The largest absolute Gasteiger partial charge is 0.466 e. The molecule has 1 unspecified atom stereocenters. The predicted octanol–water partition coefficient (Wildman–Crippen LogP) is 5.01. The van der Waals surface area contributed by atoms with Gasteiger partial charge in [-0.25, -0.2) is 0 Å². The molecule has 2 radical (unpaired) electrons. The molecule has 0 spiro atoms. The van der Waals surface area contributed by atoms with Crippen molar-refractivity contribution in [3.05, 3.63) is 35.9 Å². The second-order valence-corrected chi connectivity index (χ2v) is 5.69. The molecule has 0 aromatic heterocycles. The van der Waals surface area contributed by atoms with Crippen molar-refractivity contribution in [2.24, 2.45) is 11.8 Å². The minimum absolute atomic E-state index is 0.00560. The minimum atomic E-state index is -0.0223. The standard InChI is InChI=1S/C17H25NO2.2C2H6.CH3B/c1-3-20-17(19)16(13-14-7-5-4-6-8-14)15-9-11-18(2)12-10-15;3*1-2/h4-8,15-16H,3,9-13H2,1-2H3;2*1-2H3;1H3. The lowest BCUT2D eigenvalue weighted by molar-refractivity contribution is -0.150. The van der Waals surface area contributed by atoms with E-state index < -0.39 is 0 Å². The summed E-state index contributed by atoms with van der Waals surface area (Å²) in [5.41, 5.74) is 1.23. The van der Waals surface area contributed by atoms with Crippen LogP contribution in [0.4, 0.5) is 0 Å². The molecule has 1 aromatic carbocycles. The fourth-order valence-corrected chi connectivity index (χ4v) is 2.99. The Bertz CT molecular complexity index is 417. The van der Waals surface area contributed by atoms with E-state index in [0.717, 1.165) is 32.4 Å². The highest BCUT2D eigenvalue weighted by Gasteiger charge is 2.31. The molecule has 0 saturated carbocycles. The van der Waals surface area contributed by atoms with E-state index in [2.05, 4.69) is 31.9 Å². The van der Waals surface area contributed by atoms with E-state index in [4.69, 9.17) is 4.74 Å². The second-order valence-electron chi connectivity index (χ2n) is 5.69. The second kappa shape index (κ2) is 18.5. The molecule has 2 rings (SSSR count). The lowest BCUT2D eigenvalue weighted by atomic mass is 9.81. The summed E-state index contributed by atoms with van der Waals surface area (Å²) in [5, 5.41) is 0. The number of esters is 1. The first-order valence-electron chi connectivity index (χ1n) is 10.2. The van der Waals surface area contributed by atoms with E-state index >= 15 is 0 Å². The lowest BCUT2D eigenvalue weighted by Gasteiger charge is -2.33. The Kier molecular flexibility index (Phi) is 19.2. The molecule has 1 aliphatic rings. The van der Waals surface area contributed by atoms with Gasteiger partial charge in [-0.1, -0.05) is 64.8 Å². The summed E-state index contributed by atoms with van der Waals surface area (Å²) >= 11 is 0. The van der Waals surface area contributed by atoms with Crippen LogP contribution in [-0.4, -0.2) is 45.5 Å². The summed E-state index contributed by atoms with van der Waals surface area (Å²) in [6, 6.07) is 10.3. The number of benzene rings is 1. The van der Waals surface area contributed by atoms with Crippen LogP contribution in [0.5, 0.6) is 0 Å². The molecule has 1 fully saturated rings. The van der Waals surface area contributed by atoms with Gasteiger partial charge in [-0.15, -0.1) is 0 Å².